The molecule has 0 radical (unpaired) electrons. The monoisotopic (exact) mass is 376 g/mol. The molecular formula is C15H12BrCl2FO. The zero-order valence-corrected chi connectivity index (χ0v) is 13.8. The summed E-state index contributed by atoms with van der Waals surface area (Å²) in [7, 11) is 0. The standard InChI is InChI=1S/C15H12BrCl2FO/c1-2-20-13-7-6-9(16)8-10(13)15(18)14-11(17)4-3-5-12(14)19/h3-8,15H,2H2,1H3. The average Bonchev–Trinajstić information content (AvgIpc) is 2.40. The van der Waals surface area contributed by atoms with Crippen molar-refractivity contribution >= 4 is 39.1 Å². The molecule has 106 valence electrons. The molecule has 0 saturated heterocycles. The Labute approximate surface area is 135 Å². The molecule has 0 aliphatic rings. The van der Waals surface area contributed by atoms with Crippen LogP contribution >= 0.6 is 39.1 Å². The molecule has 0 N–H and O–H groups in total. The van der Waals surface area contributed by atoms with E-state index in [1.165, 1.54) is 6.07 Å². The smallest absolute Gasteiger partial charge is 0.129 e. The number of alkyl halides is 1. The van der Waals surface area contributed by atoms with E-state index in [4.69, 9.17) is 27.9 Å². The Bertz CT molecular complexity index is 599. The predicted molar refractivity (Wildman–Crippen MR) is 84.4 cm³/mol. The summed E-state index contributed by atoms with van der Waals surface area (Å²) >= 11 is 15.9. The van der Waals surface area contributed by atoms with Crippen LogP contribution in [0.5, 0.6) is 5.75 Å². The van der Waals surface area contributed by atoms with Gasteiger partial charge in [-0.25, -0.2) is 4.39 Å². The molecule has 0 fully saturated rings. The van der Waals surface area contributed by atoms with Gasteiger partial charge in [-0.3, -0.25) is 0 Å². The summed E-state index contributed by atoms with van der Waals surface area (Å²) in [6.07, 6.45) is 0. The molecule has 20 heavy (non-hydrogen) atoms. The van der Waals surface area contributed by atoms with Gasteiger partial charge >= 0.3 is 0 Å². The van der Waals surface area contributed by atoms with E-state index in [1.807, 2.05) is 19.1 Å². The van der Waals surface area contributed by atoms with Crippen molar-refractivity contribution in [3.8, 4) is 5.75 Å². The van der Waals surface area contributed by atoms with Gasteiger partial charge < -0.3 is 4.74 Å². The second kappa shape index (κ2) is 6.79. The number of hydrogen-bond donors (Lipinski definition) is 0. The lowest BCUT2D eigenvalue weighted by Gasteiger charge is -2.17. The third-order valence-corrected chi connectivity index (χ3v) is 4.07. The van der Waals surface area contributed by atoms with Crippen molar-refractivity contribution in [1.29, 1.82) is 0 Å². The Kier molecular flexibility index (Phi) is 5.30. The second-order valence-electron chi connectivity index (χ2n) is 4.11. The molecular weight excluding hydrogens is 366 g/mol. The largest absolute Gasteiger partial charge is 0.494 e. The third-order valence-electron chi connectivity index (χ3n) is 2.80. The van der Waals surface area contributed by atoms with E-state index in [0.29, 0.717) is 22.9 Å². The average molecular weight is 378 g/mol. The number of benzene rings is 2. The highest BCUT2D eigenvalue weighted by Crippen LogP contribution is 2.40. The molecule has 5 heteroatoms. The van der Waals surface area contributed by atoms with Crippen molar-refractivity contribution in [2.24, 2.45) is 0 Å². The van der Waals surface area contributed by atoms with Crippen LogP contribution in [-0.2, 0) is 0 Å². The Morgan fingerprint density at radius 1 is 1.30 bits per heavy atom. The summed E-state index contributed by atoms with van der Waals surface area (Å²) in [5, 5.41) is -0.421. The van der Waals surface area contributed by atoms with Crippen LogP contribution in [0.15, 0.2) is 40.9 Å². The first kappa shape index (κ1) is 15.6. The van der Waals surface area contributed by atoms with Gasteiger partial charge in [0.05, 0.1) is 12.0 Å². The van der Waals surface area contributed by atoms with Crippen molar-refractivity contribution in [2.45, 2.75) is 12.3 Å². The Morgan fingerprint density at radius 2 is 2.05 bits per heavy atom. The number of hydrogen-bond acceptors (Lipinski definition) is 1. The normalized spacial score (nSPS) is 12.2. The summed E-state index contributed by atoms with van der Waals surface area (Å²) in [5.74, 6) is 0.190. The number of ether oxygens (including phenoxy) is 1. The van der Waals surface area contributed by atoms with Crippen molar-refractivity contribution in [1.82, 2.24) is 0 Å². The van der Waals surface area contributed by atoms with Gasteiger partial charge in [-0.1, -0.05) is 33.6 Å². The minimum absolute atomic E-state index is 0.259. The van der Waals surface area contributed by atoms with E-state index in [0.717, 1.165) is 4.47 Å². The van der Waals surface area contributed by atoms with E-state index in [9.17, 15) is 4.39 Å². The highest BCUT2D eigenvalue weighted by molar-refractivity contribution is 9.10. The van der Waals surface area contributed by atoms with Gasteiger partial charge in [0.1, 0.15) is 11.6 Å². The lowest BCUT2D eigenvalue weighted by atomic mass is 10.0. The topological polar surface area (TPSA) is 9.23 Å². The summed E-state index contributed by atoms with van der Waals surface area (Å²) in [4.78, 5) is 0. The minimum atomic E-state index is -0.720. The van der Waals surface area contributed by atoms with E-state index in [2.05, 4.69) is 15.9 Å². The number of halogens is 4. The van der Waals surface area contributed by atoms with Gasteiger partial charge in [0.2, 0.25) is 0 Å². The fourth-order valence-corrected chi connectivity index (χ4v) is 3.01. The molecule has 2 rings (SSSR count). The molecule has 0 saturated carbocycles. The number of rotatable bonds is 4. The third kappa shape index (κ3) is 3.27. The molecule has 2 aromatic carbocycles. The molecule has 2 aromatic rings. The maximum Gasteiger partial charge on any atom is 0.129 e. The van der Waals surface area contributed by atoms with Gasteiger partial charge in [0.15, 0.2) is 0 Å². The summed E-state index contributed by atoms with van der Waals surface area (Å²) in [6.45, 7) is 2.38. The predicted octanol–water partition coefficient (Wildman–Crippen LogP) is 5.97. The first-order valence-corrected chi connectivity index (χ1v) is 7.65. The molecule has 0 heterocycles. The van der Waals surface area contributed by atoms with E-state index in [-0.39, 0.29) is 5.56 Å². The van der Waals surface area contributed by atoms with Crippen LogP contribution < -0.4 is 4.74 Å². The highest BCUT2D eigenvalue weighted by atomic mass is 79.9. The lowest BCUT2D eigenvalue weighted by Crippen LogP contribution is -2.03. The van der Waals surface area contributed by atoms with Crippen LogP contribution in [0.4, 0.5) is 4.39 Å². The lowest BCUT2D eigenvalue weighted by molar-refractivity contribution is 0.336. The van der Waals surface area contributed by atoms with Crippen molar-refractivity contribution in [3.05, 3.63) is 62.8 Å². The van der Waals surface area contributed by atoms with Gasteiger partial charge in [0.25, 0.3) is 0 Å². The molecule has 0 bridgehead atoms. The first-order valence-electron chi connectivity index (χ1n) is 6.04. The van der Waals surface area contributed by atoms with Crippen LogP contribution in [0, 0.1) is 5.82 Å². The van der Waals surface area contributed by atoms with Crippen LogP contribution in [0.1, 0.15) is 23.4 Å². The molecule has 1 unspecified atom stereocenters. The molecule has 0 aliphatic carbocycles. The van der Waals surface area contributed by atoms with Crippen LogP contribution in [0.3, 0.4) is 0 Å². The van der Waals surface area contributed by atoms with E-state index in [1.54, 1.807) is 18.2 Å². The summed E-state index contributed by atoms with van der Waals surface area (Å²) < 4.78 is 20.4. The van der Waals surface area contributed by atoms with Crippen LogP contribution in [0.25, 0.3) is 0 Å². The second-order valence-corrected chi connectivity index (χ2v) is 5.87. The minimum Gasteiger partial charge on any atom is -0.494 e. The Hall–Kier alpha value is -0.770. The van der Waals surface area contributed by atoms with Crippen molar-refractivity contribution in [3.63, 3.8) is 0 Å². The Morgan fingerprint density at radius 3 is 2.70 bits per heavy atom. The summed E-state index contributed by atoms with van der Waals surface area (Å²) in [5.41, 5.74) is 0.935. The van der Waals surface area contributed by atoms with Crippen LogP contribution in [0.2, 0.25) is 5.02 Å². The zero-order chi connectivity index (χ0) is 14.7. The molecule has 0 spiro atoms. The van der Waals surface area contributed by atoms with E-state index < -0.39 is 11.2 Å². The molecule has 1 nitrogen and oxygen atoms in total. The van der Waals surface area contributed by atoms with Crippen LogP contribution in [-0.4, -0.2) is 6.61 Å². The van der Waals surface area contributed by atoms with Crippen molar-refractivity contribution < 1.29 is 9.13 Å². The zero-order valence-electron chi connectivity index (χ0n) is 10.7. The SMILES string of the molecule is CCOc1ccc(Br)cc1C(Cl)c1c(F)cccc1Cl. The maximum atomic E-state index is 14.0. The fourth-order valence-electron chi connectivity index (χ4n) is 1.91. The van der Waals surface area contributed by atoms with Gasteiger partial charge in [0, 0.05) is 20.6 Å². The molecule has 1 atom stereocenters. The maximum absolute atomic E-state index is 14.0. The van der Waals surface area contributed by atoms with Gasteiger partial charge in [-0.15, -0.1) is 11.6 Å². The van der Waals surface area contributed by atoms with Gasteiger partial charge in [-0.2, -0.15) is 0 Å². The Balaban J connectivity index is 2.52. The fraction of sp³-hybridized carbons (Fsp3) is 0.200. The van der Waals surface area contributed by atoms with Gasteiger partial charge in [-0.05, 0) is 37.3 Å². The molecule has 0 aromatic heterocycles. The summed E-state index contributed by atoms with van der Waals surface area (Å²) in [6, 6.07) is 9.97. The van der Waals surface area contributed by atoms with E-state index >= 15 is 0 Å². The van der Waals surface area contributed by atoms with Crippen molar-refractivity contribution in [2.75, 3.05) is 6.61 Å². The molecule has 0 aliphatic heterocycles. The molecule has 0 amide bonds. The first-order chi connectivity index (χ1) is 9.54. The quantitative estimate of drug-likeness (QED) is 0.596. The highest BCUT2D eigenvalue weighted by Gasteiger charge is 2.22.